The van der Waals surface area contributed by atoms with Crippen molar-refractivity contribution in [2.75, 3.05) is 19.6 Å². The maximum atomic E-state index is 12.4. The molecule has 1 aromatic carbocycles. The number of nitrogens with zero attached hydrogens (tertiary/aromatic N) is 2. The Labute approximate surface area is 130 Å². The summed E-state index contributed by atoms with van der Waals surface area (Å²) in [5.41, 5.74) is -0.00837. The summed E-state index contributed by atoms with van der Waals surface area (Å²) in [6.07, 6.45) is 0. The van der Waals surface area contributed by atoms with Crippen molar-refractivity contribution in [1.82, 2.24) is 10.2 Å². The van der Waals surface area contributed by atoms with Gasteiger partial charge in [-0.15, -0.1) is 0 Å². The van der Waals surface area contributed by atoms with Crippen LogP contribution < -0.4 is 5.32 Å². The first-order valence-corrected chi connectivity index (χ1v) is 7.19. The molecule has 2 amide bonds. The van der Waals surface area contributed by atoms with Gasteiger partial charge in [-0.3, -0.25) is 19.7 Å². The Morgan fingerprint density at radius 2 is 2.05 bits per heavy atom. The summed E-state index contributed by atoms with van der Waals surface area (Å²) < 4.78 is 0.451. The number of non-ortho nitro benzene ring substituents is 1. The first kappa shape index (κ1) is 17.1. The second-order valence-electron chi connectivity index (χ2n) is 4.19. The van der Waals surface area contributed by atoms with Gasteiger partial charge in [-0.1, -0.05) is 0 Å². The van der Waals surface area contributed by atoms with Crippen LogP contribution in [0.1, 0.15) is 24.2 Å². The molecule has 0 fully saturated rings. The number of nitro groups is 1. The molecule has 0 aliphatic rings. The predicted octanol–water partition coefficient (Wildman–Crippen LogP) is 1.96. The van der Waals surface area contributed by atoms with E-state index in [1.165, 1.54) is 23.1 Å². The maximum Gasteiger partial charge on any atom is 0.270 e. The van der Waals surface area contributed by atoms with Gasteiger partial charge < -0.3 is 10.2 Å². The van der Waals surface area contributed by atoms with Crippen molar-refractivity contribution in [2.24, 2.45) is 0 Å². The molecule has 0 aliphatic heterocycles. The van der Waals surface area contributed by atoms with Gasteiger partial charge >= 0.3 is 0 Å². The van der Waals surface area contributed by atoms with Crippen molar-refractivity contribution < 1.29 is 14.5 Å². The molecule has 21 heavy (non-hydrogen) atoms. The van der Waals surface area contributed by atoms with Crippen LogP contribution in [0.5, 0.6) is 0 Å². The molecular formula is C13H16BrN3O4. The molecular weight excluding hydrogens is 342 g/mol. The van der Waals surface area contributed by atoms with Crippen LogP contribution in [-0.4, -0.2) is 41.3 Å². The van der Waals surface area contributed by atoms with E-state index in [4.69, 9.17) is 0 Å². The average Bonchev–Trinajstić information content (AvgIpc) is 2.44. The number of nitro benzene ring substituents is 1. The highest BCUT2D eigenvalue weighted by atomic mass is 79.9. The lowest BCUT2D eigenvalue weighted by molar-refractivity contribution is -0.384. The summed E-state index contributed by atoms with van der Waals surface area (Å²) in [5, 5.41) is 13.4. The van der Waals surface area contributed by atoms with Gasteiger partial charge in [0, 0.05) is 29.7 Å². The number of amides is 2. The third-order valence-electron chi connectivity index (χ3n) is 2.77. The van der Waals surface area contributed by atoms with Crippen LogP contribution in [0.3, 0.4) is 0 Å². The van der Waals surface area contributed by atoms with E-state index >= 15 is 0 Å². The Hall–Kier alpha value is -1.96. The molecule has 0 saturated carbocycles. The molecule has 8 heteroatoms. The Morgan fingerprint density at radius 1 is 1.38 bits per heavy atom. The van der Waals surface area contributed by atoms with Crippen LogP contribution in [0, 0.1) is 10.1 Å². The first-order chi connectivity index (χ1) is 9.90. The van der Waals surface area contributed by atoms with Crippen molar-refractivity contribution in [3.63, 3.8) is 0 Å². The zero-order valence-corrected chi connectivity index (χ0v) is 13.3. The van der Waals surface area contributed by atoms with Gasteiger partial charge in [0.05, 0.1) is 17.0 Å². The molecule has 0 unspecified atom stereocenters. The lowest BCUT2D eigenvalue weighted by Crippen LogP contribution is -2.40. The molecule has 0 aliphatic carbocycles. The van der Waals surface area contributed by atoms with Gasteiger partial charge in [-0.2, -0.15) is 0 Å². The molecule has 114 valence electrons. The average molecular weight is 358 g/mol. The van der Waals surface area contributed by atoms with Crippen LogP contribution in [0.4, 0.5) is 5.69 Å². The standard InChI is InChI=1S/C13H16BrN3O4/c1-3-15-12(18)8-16(4-2)13(19)10-7-9(17(20)21)5-6-11(10)14/h5-7H,3-4,8H2,1-2H3,(H,15,18). The fourth-order valence-electron chi connectivity index (χ4n) is 1.71. The van der Waals surface area contributed by atoms with Crippen LogP contribution >= 0.6 is 15.9 Å². The third-order valence-corrected chi connectivity index (χ3v) is 3.46. The van der Waals surface area contributed by atoms with Crippen molar-refractivity contribution in [2.45, 2.75) is 13.8 Å². The summed E-state index contributed by atoms with van der Waals surface area (Å²) in [6.45, 7) is 4.24. The highest BCUT2D eigenvalue weighted by Crippen LogP contribution is 2.23. The van der Waals surface area contributed by atoms with Gasteiger partial charge in [0.2, 0.25) is 5.91 Å². The Morgan fingerprint density at radius 3 is 2.57 bits per heavy atom. The van der Waals surface area contributed by atoms with E-state index in [1.54, 1.807) is 13.8 Å². The molecule has 0 atom stereocenters. The van der Waals surface area contributed by atoms with E-state index in [0.29, 0.717) is 17.6 Å². The van der Waals surface area contributed by atoms with E-state index in [0.717, 1.165) is 0 Å². The Kier molecular flexibility index (Phi) is 6.29. The number of carbonyl (C=O) groups excluding carboxylic acids is 2. The van der Waals surface area contributed by atoms with E-state index in [9.17, 15) is 19.7 Å². The second kappa shape index (κ2) is 7.72. The quantitative estimate of drug-likeness (QED) is 0.621. The fraction of sp³-hybridized carbons (Fsp3) is 0.385. The summed E-state index contributed by atoms with van der Waals surface area (Å²) in [7, 11) is 0. The van der Waals surface area contributed by atoms with E-state index < -0.39 is 10.8 Å². The number of hydrogen-bond donors (Lipinski definition) is 1. The number of benzene rings is 1. The smallest absolute Gasteiger partial charge is 0.270 e. The van der Waals surface area contributed by atoms with Gasteiger partial charge in [-0.05, 0) is 35.8 Å². The lowest BCUT2D eigenvalue weighted by Gasteiger charge is -2.20. The number of carbonyl (C=O) groups is 2. The number of hydrogen-bond acceptors (Lipinski definition) is 4. The third kappa shape index (κ3) is 4.52. The number of halogens is 1. The zero-order chi connectivity index (χ0) is 16.0. The number of likely N-dealkylation sites (N-methyl/N-ethyl adjacent to an activating group) is 2. The molecule has 0 heterocycles. The summed E-state index contributed by atoms with van der Waals surface area (Å²) in [6, 6.07) is 3.96. The minimum Gasteiger partial charge on any atom is -0.355 e. The second-order valence-corrected chi connectivity index (χ2v) is 5.05. The lowest BCUT2D eigenvalue weighted by atomic mass is 10.1. The van der Waals surface area contributed by atoms with Crippen molar-refractivity contribution in [1.29, 1.82) is 0 Å². The Balaban J connectivity index is 3.02. The number of rotatable bonds is 6. The Bertz CT molecular complexity index is 562. The maximum absolute atomic E-state index is 12.4. The van der Waals surface area contributed by atoms with Crippen LogP contribution in [-0.2, 0) is 4.79 Å². The molecule has 0 radical (unpaired) electrons. The number of nitrogens with one attached hydrogen (secondary N) is 1. The van der Waals surface area contributed by atoms with Gasteiger partial charge in [0.25, 0.3) is 11.6 Å². The van der Waals surface area contributed by atoms with Gasteiger partial charge in [0.15, 0.2) is 0 Å². The van der Waals surface area contributed by atoms with Gasteiger partial charge in [-0.25, -0.2) is 0 Å². The van der Waals surface area contributed by atoms with Crippen LogP contribution in [0.25, 0.3) is 0 Å². The fourth-order valence-corrected chi connectivity index (χ4v) is 2.13. The van der Waals surface area contributed by atoms with E-state index in [-0.39, 0.29) is 23.7 Å². The SMILES string of the molecule is CCNC(=O)CN(CC)C(=O)c1cc([N+](=O)[O-])ccc1Br. The zero-order valence-electron chi connectivity index (χ0n) is 11.8. The molecule has 1 rings (SSSR count). The highest BCUT2D eigenvalue weighted by Gasteiger charge is 2.21. The molecule has 0 bridgehead atoms. The minimum atomic E-state index is -0.566. The van der Waals surface area contributed by atoms with Crippen LogP contribution in [0.15, 0.2) is 22.7 Å². The normalized spacial score (nSPS) is 10.0. The predicted molar refractivity (Wildman–Crippen MR) is 81.1 cm³/mol. The van der Waals surface area contributed by atoms with E-state index in [2.05, 4.69) is 21.2 Å². The molecule has 0 saturated heterocycles. The molecule has 0 spiro atoms. The van der Waals surface area contributed by atoms with Crippen molar-refractivity contribution in [3.05, 3.63) is 38.3 Å². The molecule has 7 nitrogen and oxygen atoms in total. The van der Waals surface area contributed by atoms with Crippen molar-refractivity contribution >= 4 is 33.4 Å². The summed E-state index contributed by atoms with van der Waals surface area (Å²) >= 11 is 3.20. The largest absolute Gasteiger partial charge is 0.355 e. The summed E-state index contributed by atoms with van der Waals surface area (Å²) in [4.78, 5) is 35.5. The first-order valence-electron chi connectivity index (χ1n) is 6.40. The molecule has 1 N–H and O–H groups in total. The molecule has 1 aromatic rings. The molecule has 0 aromatic heterocycles. The minimum absolute atomic E-state index is 0.0850. The van der Waals surface area contributed by atoms with Crippen molar-refractivity contribution in [3.8, 4) is 0 Å². The topological polar surface area (TPSA) is 92.6 Å². The van der Waals surface area contributed by atoms with Gasteiger partial charge in [0.1, 0.15) is 0 Å². The monoisotopic (exact) mass is 357 g/mol. The summed E-state index contributed by atoms with van der Waals surface area (Å²) in [5.74, 6) is -0.700. The highest BCUT2D eigenvalue weighted by molar-refractivity contribution is 9.10. The van der Waals surface area contributed by atoms with E-state index in [1.807, 2.05) is 0 Å². The van der Waals surface area contributed by atoms with Crippen LogP contribution in [0.2, 0.25) is 0 Å².